The summed E-state index contributed by atoms with van der Waals surface area (Å²) in [6.07, 6.45) is 1.66. The van der Waals surface area contributed by atoms with Crippen LogP contribution >= 0.6 is 15.9 Å². The number of para-hydroxylation sites is 1. The summed E-state index contributed by atoms with van der Waals surface area (Å²) in [5, 5.41) is 12.0. The summed E-state index contributed by atoms with van der Waals surface area (Å²) in [4.78, 5) is 2.13. The molecule has 2 aliphatic rings. The zero-order chi connectivity index (χ0) is 21.6. The number of rotatable bonds is 4. The number of aliphatic hydroxyl groups is 1. The van der Waals surface area contributed by atoms with E-state index in [2.05, 4.69) is 31.6 Å². The van der Waals surface area contributed by atoms with Crippen LogP contribution in [-0.2, 0) is 12.1 Å². The van der Waals surface area contributed by atoms with Gasteiger partial charge in [-0.3, -0.25) is 0 Å². The molecular weight excluding hydrogens is 466 g/mol. The summed E-state index contributed by atoms with van der Waals surface area (Å²) < 4.78 is 32.6. The van der Waals surface area contributed by atoms with Gasteiger partial charge in [0.05, 0.1) is 6.42 Å². The van der Waals surface area contributed by atoms with Crippen molar-refractivity contribution < 1.29 is 23.2 Å². The van der Waals surface area contributed by atoms with Crippen molar-refractivity contribution in [3.05, 3.63) is 88.4 Å². The quantitative estimate of drug-likeness (QED) is 0.502. The number of aryl methyl sites for hydroxylation is 1. The largest absolute Gasteiger partial charge is 0.435 e. The van der Waals surface area contributed by atoms with E-state index in [0.717, 1.165) is 34.5 Å². The normalized spacial score (nSPS) is 20.1. The Kier molecular flexibility index (Phi) is 5.02. The van der Waals surface area contributed by atoms with Gasteiger partial charge in [0.1, 0.15) is 17.1 Å². The molecule has 31 heavy (non-hydrogen) atoms. The van der Waals surface area contributed by atoms with Gasteiger partial charge in [0.15, 0.2) is 6.54 Å². The lowest BCUT2D eigenvalue weighted by molar-refractivity contribution is -0.594. The molecule has 0 spiro atoms. The molecule has 0 aliphatic carbocycles. The van der Waals surface area contributed by atoms with Crippen molar-refractivity contribution >= 4 is 33.1 Å². The molecule has 7 heteroatoms. The molecule has 0 unspecified atom stereocenters. The predicted molar refractivity (Wildman–Crippen MR) is 118 cm³/mol. The number of benzene rings is 3. The van der Waals surface area contributed by atoms with E-state index in [0.29, 0.717) is 12.1 Å². The number of alkyl halides is 2. The van der Waals surface area contributed by atoms with Crippen LogP contribution < -0.4 is 9.64 Å². The zero-order valence-corrected chi connectivity index (χ0v) is 18.1. The number of nitrogens with zero attached hydrogens (tertiary/aromatic N) is 2. The molecule has 0 radical (unpaired) electrons. The molecule has 1 atom stereocenters. The molecular formula is C24H20BrF2N2O2+. The number of halogens is 3. The highest BCUT2D eigenvalue weighted by Gasteiger charge is 2.54. The van der Waals surface area contributed by atoms with Crippen LogP contribution in [0.25, 0.3) is 0 Å². The number of fused-ring (bicyclic) bond motifs is 2. The Bertz CT molecular complexity index is 1150. The van der Waals surface area contributed by atoms with Gasteiger partial charge < -0.3 is 9.84 Å². The first-order chi connectivity index (χ1) is 15.0. The number of β-amino-alcohol motifs (C(OH)–C–C–N with tert-alkyl or cyclic N) is 1. The molecule has 158 valence electrons. The van der Waals surface area contributed by atoms with Crippen molar-refractivity contribution in [2.45, 2.75) is 25.2 Å². The maximum absolute atomic E-state index is 12.6. The van der Waals surface area contributed by atoms with Crippen LogP contribution in [0.3, 0.4) is 0 Å². The van der Waals surface area contributed by atoms with Crippen LogP contribution in [0, 0.1) is 0 Å². The van der Waals surface area contributed by atoms with E-state index in [4.69, 9.17) is 0 Å². The minimum atomic E-state index is -2.89. The molecule has 0 saturated carbocycles. The lowest BCUT2D eigenvalue weighted by Gasteiger charge is -2.26. The Morgan fingerprint density at radius 3 is 2.39 bits per heavy atom. The Morgan fingerprint density at radius 2 is 1.68 bits per heavy atom. The maximum atomic E-state index is 12.6. The average Bonchev–Trinajstić information content (AvgIpc) is 3.08. The number of hydrogen-bond donors (Lipinski definition) is 1. The molecule has 5 rings (SSSR count). The van der Waals surface area contributed by atoms with Gasteiger partial charge in [0.2, 0.25) is 0 Å². The van der Waals surface area contributed by atoms with E-state index < -0.39 is 12.3 Å². The van der Waals surface area contributed by atoms with E-state index in [1.165, 1.54) is 17.7 Å². The molecule has 2 heterocycles. The van der Waals surface area contributed by atoms with Gasteiger partial charge >= 0.3 is 6.61 Å². The first-order valence-corrected chi connectivity index (χ1v) is 10.8. The number of ether oxygens (including phenoxy) is 1. The van der Waals surface area contributed by atoms with Crippen LogP contribution in [0.2, 0.25) is 0 Å². The van der Waals surface area contributed by atoms with Gasteiger partial charge in [-0.2, -0.15) is 13.4 Å². The Balaban J connectivity index is 1.63. The van der Waals surface area contributed by atoms with Gasteiger partial charge in [0, 0.05) is 10.0 Å². The fourth-order valence-corrected chi connectivity index (χ4v) is 4.74. The predicted octanol–water partition coefficient (Wildman–Crippen LogP) is 5.40. The lowest BCUT2D eigenvalue weighted by Crippen LogP contribution is -2.39. The molecule has 2 aliphatic heterocycles. The van der Waals surface area contributed by atoms with Crippen molar-refractivity contribution in [3.63, 3.8) is 0 Å². The van der Waals surface area contributed by atoms with Gasteiger partial charge in [-0.1, -0.05) is 34.1 Å². The second-order valence-electron chi connectivity index (χ2n) is 7.66. The molecule has 0 saturated heterocycles. The van der Waals surface area contributed by atoms with E-state index in [1.54, 1.807) is 12.1 Å². The van der Waals surface area contributed by atoms with Crippen molar-refractivity contribution in [3.8, 4) is 5.75 Å². The van der Waals surface area contributed by atoms with Gasteiger partial charge in [-0.15, -0.1) is 0 Å². The highest BCUT2D eigenvalue weighted by atomic mass is 79.9. The van der Waals surface area contributed by atoms with E-state index in [9.17, 15) is 13.9 Å². The molecule has 4 nitrogen and oxygen atoms in total. The zero-order valence-electron chi connectivity index (χ0n) is 16.5. The third-order valence-corrected chi connectivity index (χ3v) is 6.38. The molecule has 1 N–H and O–H groups in total. The summed E-state index contributed by atoms with van der Waals surface area (Å²) in [7, 11) is 0. The topological polar surface area (TPSA) is 35.7 Å². The van der Waals surface area contributed by atoms with Crippen LogP contribution in [0.5, 0.6) is 5.75 Å². The Morgan fingerprint density at radius 1 is 0.968 bits per heavy atom. The van der Waals surface area contributed by atoms with Crippen LogP contribution in [0.4, 0.5) is 20.2 Å². The van der Waals surface area contributed by atoms with Crippen molar-refractivity contribution in [1.82, 2.24) is 0 Å². The first-order valence-electron chi connectivity index (χ1n) is 10.0. The van der Waals surface area contributed by atoms with Crippen molar-refractivity contribution in [2.75, 3.05) is 11.4 Å². The summed E-state index contributed by atoms with van der Waals surface area (Å²) >= 11 is 3.48. The number of hydrogen-bond acceptors (Lipinski definition) is 3. The summed E-state index contributed by atoms with van der Waals surface area (Å²) in [6.45, 7) is -2.57. The van der Waals surface area contributed by atoms with Gasteiger partial charge in [-0.05, 0) is 66.6 Å². The van der Waals surface area contributed by atoms with Gasteiger partial charge in [-0.25, -0.2) is 4.90 Å². The van der Waals surface area contributed by atoms with E-state index in [1.807, 2.05) is 47.0 Å². The molecule has 3 aromatic rings. The lowest BCUT2D eigenvalue weighted by atomic mass is 9.98. The second kappa shape index (κ2) is 7.73. The number of amidine groups is 1. The minimum absolute atomic E-state index is 0.0633. The summed E-state index contributed by atoms with van der Waals surface area (Å²) in [6, 6.07) is 22.3. The van der Waals surface area contributed by atoms with Crippen LogP contribution in [0.1, 0.15) is 17.5 Å². The highest BCUT2D eigenvalue weighted by molar-refractivity contribution is 9.10. The molecule has 3 aromatic carbocycles. The van der Waals surface area contributed by atoms with Crippen LogP contribution in [-0.4, -0.2) is 28.7 Å². The smallest absolute Gasteiger partial charge is 0.387 e. The standard InChI is InChI=1S/C24H20BrF2N2O2/c25-18-8-10-19(11-9-18)28-15-24(30,17-6-12-20(13-7-17)31-23(26)27)29-21-4-2-1-3-16(21)5-14-22(28)29/h1-4,6-13,23,30H,5,14-15H2/q+1/t24-/m0/s1. The van der Waals surface area contributed by atoms with E-state index in [-0.39, 0.29) is 5.75 Å². The van der Waals surface area contributed by atoms with Crippen LogP contribution in [0.15, 0.2) is 77.3 Å². The Hall–Kier alpha value is -2.77. The molecule has 0 aromatic heterocycles. The first kappa shape index (κ1) is 20.2. The molecule has 0 fully saturated rings. The van der Waals surface area contributed by atoms with E-state index >= 15 is 0 Å². The Labute approximate surface area is 187 Å². The minimum Gasteiger partial charge on any atom is -0.435 e. The fraction of sp³-hybridized carbons (Fsp3) is 0.208. The highest BCUT2D eigenvalue weighted by Crippen LogP contribution is 2.42. The molecule has 0 bridgehead atoms. The van der Waals surface area contributed by atoms with Gasteiger partial charge in [0.25, 0.3) is 11.6 Å². The third kappa shape index (κ3) is 3.51. The average molecular weight is 486 g/mol. The SMILES string of the molecule is O[C@]1(c2ccc(OC(F)F)cc2)CN(c2ccc(Br)cc2)C2=[N+]1c1ccccc1CC2. The monoisotopic (exact) mass is 485 g/mol. The summed E-state index contributed by atoms with van der Waals surface area (Å²) in [5.41, 5.74) is 2.36. The third-order valence-electron chi connectivity index (χ3n) is 5.85. The summed E-state index contributed by atoms with van der Waals surface area (Å²) in [5.74, 6) is 1.07. The maximum Gasteiger partial charge on any atom is 0.387 e. The fourth-order valence-electron chi connectivity index (χ4n) is 4.47. The second-order valence-corrected chi connectivity index (χ2v) is 8.58. The molecule has 0 amide bonds. The van der Waals surface area contributed by atoms with Crippen molar-refractivity contribution in [2.24, 2.45) is 0 Å². The van der Waals surface area contributed by atoms with Crippen molar-refractivity contribution in [1.29, 1.82) is 0 Å². The number of anilines is 1.